The third-order valence-corrected chi connectivity index (χ3v) is 4.02. The first-order valence-corrected chi connectivity index (χ1v) is 6.15. The van der Waals surface area contributed by atoms with Gasteiger partial charge in [0, 0.05) is 5.75 Å². The molecule has 0 spiro atoms. The minimum Gasteiger partial charge on any atom is -0.364 e. The van der Waals surface area contributed by atoms with E-state index in [0.717, 1.165) is 10.1 Å². The molecule has 2 rings (SSSR count). The smallest absolute Gasteiger partial charge is 0.134 e. The van der Waals surface area contributed by atoms with Crippen LogP contribution >= 0.6 is 24.0 Å². The average Bonchev–Trinajstić information content (AvgIpc) is 2.23. The summed E-state index contributed by atoms with van der Waals surface area (Å²) in [6.07, 6.45) is 0. The highest BCUT2D eigenvalue weighted by molar-refractivity contribution is 8.23. The highest BCUT2D eigenvalue weighted by atomic mass is 32.2. The fourth-order valence-electron chi connectivity index (χ4n) is 1.69. The zero-order valence-electron chi connectivity index (χ0n) is 8.07. The van der Waals surface area contributed by atoms with Crippen molar-refractivity contribution >= 4 is 28.3 Å². The highest BCUT2D eigenvalue weighted by Gasteiger charge is 2.24. The number of thiocarbonyl (C=S) groups is 1. The van der Waals surface area contributed by atoms with Crippen LogP contribution in [0.5, 0.6) is 0 Å². The lowest BCUT2D eigenvalue weighted by Crippen LogP contribution is -2.35. The van der Waals surface area contributed by atoms with E-state index >= 15 is 0 Å². The second-order valence-electron chi connectivity index (χ2n) is 3.61. The van der Waals surface area contributed by atoms with E-state index < -0.39 is 0 Å². The zero-order chi connectivity index (χ0) is 9.97. The van der Waals surface area contributed by atoms with Crippen molar-refractivity contribution in [1.29, 1.82) is 0 Å². The van der Waals surface area contributed by atoms with E-state index in [4.69, 9.17) is 12.2 Å². The van der Waals surface area contributed by atoms with Crippen LogP contribution in [-0.2, 0) is 0 Å². The van der Waals surface area contributed by atoms with Crippen LogP contribution in [0.1, 0.15) is 18.5 Å². The Labute approximate surface area is 94.3 Å². The molecule has 2 unspecified atom stereocenters. The van der Waals surface area contributed by atoms with Crippen molar-refractivity contribution in [2.75, 3.05) is 5.75 Å². The maximum atomic E-state index is 5.19. The van der Waals surface area contributed by atoms with Gasteiger partial charge in [-0.3, -0.25) is 0 Å². The Balaban J connectivity index is 2.20. The van der Waals surface area contributed by atoms with Crippen LogP contribution in [0.2, 0.25) is 0 Å². The van der Waals surface area contributed by atoms with Crippen LogP contribution in [0.15, 0.2) is 30.3 Å². The summed E-state index contributed by atoms with van der Waals surface area (Å²) in [5.41, 5.74) is 1.34. The van der Waals surface area contributed by atoms with Crippen molar-refractivity contribution in [2.45, 2.75) is 13.0 Å². The van der Waals surface area contributed by atoms with Crippen molar-refractivity contribution in [3.05, 3.63) is 35.9 Å². The van der Waals surface area contributed by atoms with E-state index in [0.29, 0.717) is 12.0 Å². The standard InChI is InChI=1S/C11H13NS2/c1-8-7-14-11(13)12-10(8)9-5-3-2-4-6-9/h2-6,8,10H,7H2,1H3,(H,12,13). The molecule has 1 aromatic rings. The molecular weight excluding hydrogens is 210 g/mol. The van der Waals surface area contributed by atoms with Crippen molar-refractivity contribution in [1.82, 2.24) is 5.32 Å². The quantitative estimate of drug-likeness (QED) is 0.735. The summed E-state index contributed by atoms with van der Waals surface area (Å²) in [6, 6.07) is 10.9. The summed E-state index contributed by atoms with van der Waals surface area (Å²) < 4.78 is 0.928. The normalized spacial score (nSPS) is 27.1. The lowest BCUT2D eigenvalue weighted by atomic mass is 9.96. The van der Waals surface area contributed by atoms with Crippen LogP contribution in [0.4, 0.5) is 0 Å². The molecule has 1 heterocycles. The van der Waals surface area contributed by atoms with Gasteiger partial charge >= 0.3 is 0 Å². The molecule has 1 aliphatic rings. The highest BCUT2D eigenvalue weighted by Crippen LogP contribution is 2.30. The van der Waals surface area contributed by atoms with E-state index in [1.807, 2.05) is 6.07 Å². The molecule has 0 bridgehead atoms. The van der Waals surface area contributed by atoms with Gasteiger partial charge in [-0.05, 0) is 11.5 Å². The Hall–Kier alpha value is -0.540. The van der Waals surface area contributed by atoms with Gasteiger partial charge in [0.05, 0.1) is 6.04 Å². The SMILES string of the molecule is CC1CSC(=S)NC1c1ccccc1. The van der Waals surface area contributed by atoms with Gasteiger partial charge in [0.15, 0.2) is 0 Å². The third kappa shape index (κ3) is 2.10. The van der Waals surface area contributed by atoms with Crippen molar-refractivity contribution in [3.8, 4) is 0 Å². The molecule has 1 N–H and O–H groups in total. The molecule has 0 amide bonds. The summed E-state index contributed by atoms with van der Waals surface area (Å²) in [5, 5.41) is 3.38. The maximum absolute atomic E-state index is 5.19. The summed E-state index contributed by atoms with van der Waals surface area (Å²) in [6.45, 7) is 2.26. The van der Waals surface area contributed by atoms with Gasteiger partial charge in [-0.25, -0.2) is 0 Å². The lowest BCUT2D eigenvalue weighted by molar-refractivity contribution is 0.477. The Morgan fingerprint density at radius 1 is 1.36 bits per heavy atom. The van der Waals surface area contributed by atoms with Gasteiger partial charge in [-0.15, -0.1) is 0 Å². The first-order valence-electron chi connectivity index (χ1n) is 4.75. The number of thioether (sulfide) groups is 1. The van der Waals surface area contributed by atoms with Crippen molar-refractivity contribution < 1.29 is 0 Å². The molecule has 0 saturated carbocycles. The first-order chi connectivity index (χ1) is 6.77. The Kier molecular flexibility index (Phi) is 3.08. The molecule has 1 nitrogen and oxygen atoms in total. The largest absolute Gasteiger partial charge is 0.364 e. The molecule has 0 radical (unpaired) electrons. The van der Waals surface area contributed by atoms with Crippen LogP contribution < -0.4 is 5.32 Å². The molecule has 1 saturated heterocycles. The summed E-state index contributed by atoms with van der Waals surface area (Å²) >= 11 is 6.93. The van der Waals surface area contributed by atoms with Gasteiger partial charge in [0.25, 0.3) is 0 Å². The second kappa shape index (κ2) is 4.32. The van der Waals surface area contributed by atoms with Crippen molar-refractivity contribution in [3.63, 3.8) is 0 Å². The van der Waals surface area contributed by atoms with E-state index in [1.54, 1.807) is 11.8 Å². The van der Waals surface area contributed by atoms with Crippen LogP contribution in [0.3, 0.4) is 0 Å². The molecule has 14 heavy (non-hydrogen) atoms. The molecule has 2 atom stereocenters. The lowest BCUT2D eigenvalue weighted by Gasteiger charge is -2.31. The van der Waals surface area contributed by atoms with Gasteiger partial charge in [0.2, 0.25) is 0 Å². The maximum Gasteiger partial charge on any atom is 0.134 e. The predicted octanol–water partition coefficient (Wildman–Crippen LogP) is 2.99. The van der Waals surface area contributed by atoms with E-state index in [9.17, 15) is 0 Å². The molecule has 1 aliphatic heterocycles. The first kappa shape index (κ1) is 9.99. The molecule has 0 aliphatic carbocycles. The Morgan fingerprint density at radius 2 is 2.07 bits per heavy atom. The van der Waals surface area contributed by atoms with Crippen LogP contribution in [0.25, 0.3) is 0 Å². The monoisotopic (exact) mass is 223 g/mol. The summed E-state index contributed by atoms with van der Waals surface area (Å²) in [5.74, 6) is 1.75. The van der Waals surface area contributed by atoms with Crippen molar-refractivity contribution in [2.24, 2.45) is 5.92 Å². The molecule has 0 aromatic heterocycles. The van der Waals surface area contributed by atoms with Gasteiger partial charge in [-0.2, -0.15) is 0 Å². The van der Waals surface area contributed by atoms with Crippen LogP contribution in [0, 0.1) is 5.92 Å². The molecular formula is C11H13NS2. The summed E-state index contributed by atoms with van der Waals surface area (Å²) in [7, 11) is 0. The summed E-state index contributed by atoms with van der Waals surface area (Å²) in [4.78, 5) is 0. The van der Waals surface area contributed by atoms with Gasteiger partial charge in [-0.1, -0.05) is 61.2 Å². The van der Waals surface area contributed by atoms with Gasteiger partial charge in [0.1, 0.15) is 4.32 Å². The predicted molar refractivity (Wildman–Crippen MR) is 66.5 cm³/mol. The fourth-order valence-corrected chi connectivity index (χ4v) is 2.83. The van der Waals surface area contributed by atoms with Gasteiger partial charge < -0.3 is 5.32 Å². The minimum atomic E-state index is 0.393. The molecule has 1 aromatic carbocycles. The Bertz CT molecular complexity index is 323. The number of hydrogen-bond donors (Lipinski definition) is 1. The molecule has 74 valence electrons. The Morgan fingerprint density at radius 3 is 2.79 bits per heavy atom. The van der Waals surface area contributed by atoms with E-state index in [-0.39, 0.29) is 0 Å². The molecule has 1 fully saturated rings. The number of nitrogens with one attached hydrogen (secondary N) is 1. The van der Waals surface area contributed by atoms with E-state index in [1.165, 1.54) is 5.56 Å². The van der Waals surface area contributed by atoms with Crippen LogP contribution in [-0.4, -0.2) is 10.1 Å². The molecule has 3 heteroatoms. The van der Waals surface area contributed by atoms with E-state index in [2.05, 4.69) is 36.5 Å². The topological polar surface area (TPSA) is 12.0 Å². The number of rotatable bonds is 1. The number of hydrogen-bond acceptors (Lipinski definition) is 2. The second-order valence-corrected chi connectivity index (χ2v) is 5.31. The third-order valence-electron chi connectivity index (χ3n) is 2.48. The average molecular weight is 223 g/mol. The minimum absolute atomic E-state index is 0.393. The fraction of sp³-hybridized carbons (Fsp3) is 0.364. The number of benzene rings is 1. The zero-order valence-corrected chi connectivity index (χ0v) is 9.70.